The van der Waals surface area contributed by atoms with E-state index in [1.807, 2.05) is 42.2 Å². The molecule has 0 bridgehead atoms. The van der Waals surface area contributed by atoms with E-state index in [2.05, 4.69) is 43.0 Å². The lowest BCUT2D eigenvalue weighted by atomic mass is 10.1. The summed E-state index contributed by atoms with van der Waals surface area (Å²) in [5, 5.41) is 9.58. The summed E-state index contributed by atoms with van der Waals surface area (Å²) in [5.41, 5.74) is 2.96. The summed E-state index contributed by atoms with van der Waals surface area (Å²) in [5.74, 6) is 1.06. The fraction of sp³-hybridized carbons (Fsp3) is 0.478. The van der Waals surface area contributed by atoms with Crippen LogP contribution in [0.15, 0.2) is 36.5 Å². The van der Waals surface area contributed by atoms with Crippen LogP contribution < -0.4 is 0 Å². The van der Waals surface area contributed by atoms with Crippen LogP contribution in [0, 0.1) is 18.8 Å². The number of hydrogen-bond donors (Lipinski definition) is 0. The van der Waals surface area contributed by atoms with E-state index in [9.17, 15) is 4.79 Å². The predicted octanol–water partition coefficient (Wildman–Crippen LogP) is 4.66. The Balaban J connectivity index is 1.92. The molecule has 0 fully saturated rings. The first-order chi connectivity index (χ1) is 13.9. The monoisotopic (exact) mass is 393 g/mol. The van der Waals surface area contributed by atoms with Gasteiger partial charge in [-0.2, -0.15) is 0 Å². The van der Waals surface area contributed by atoms with Gasteiger partial charge in [0.2, 0.25) is 0 Å². The molecule has 29 heavy (non-hydrogen) atoms. The number of pyridine rings is 1. The third-order valence-electron chi connectivity index (χ3n) is 5.19. The third kappa shape index (κ3) is 4.81. The topological polar surface area (TPSA) is 63.9 Å². The molecule has 0 radical (unpaired) electrons. The number of rotatable bonds is 8. The van der Waals surface area contributed by atoms with E-state index < -0.39 is 0 Å². The second-order valence-corrected chi connectivity index (χ2v) is 8.44. The summed E-state index contributed by atoms with van der Waals surface area (Å²) in [6.45, 7) is 12.1. The Morgan fingerprint density at radius 1 is 1.03 bits per heavy atom. The molecule has 0 spiro atoms. The van der Waals surface area contributed by atoms with E-state index in [1.54, 1.807) is 10.9 Å². The molecule has 0 aliphatic heterocycles. The molecule has 2 aromatic heterocycles. The van der Waals surface area contributed by atoms with Crippen molar-refractivity contribution < 1.29 is 4.79 Å². The van der Waals surface area contributed by atoms with E-state index in [0.29, 0.717) is 17.5 Å². The van der Waals surface area contributed by atoms with Crippen LogP contribution >= 0.6 is 0 Å². The van der Waals surface area contributed by atoms with Crippen LogP contribution in [-0.2, 0) is 0 Å². The van der Waals surface area contributed by atoms with Crippen molar-refractivity contribution in [2.24, 2.45) is 11.8 Å². The molecule has 154 valence electrons. The molecule has 3 rings (SSSR count). The first-order valence-corrected chi connectivity index (χ1v) is 10.4. The van der Waals surface area contributed by atoms with Crippen molar-refractivity contribution in [3.8, 4) is 5.69 Å². The maximum Gasteiger partial charge on any atom is 0.276 e. The molecule has 0 unspecified atom stereocenters. The molecule has 0 N–H and O–H groups in total. The summed E-state index contributed by atoms with van der Waals surface area (Å²) in [6.07, 6.45) is 3.73. The molecular weight excluding hydrogens is 362 g/mol. The molecule has 0 aliphatic carbocycles. The van der Waals surface area contributed by atoms with E-state index in [4.69, 9.17) is 0 Å². The summed E-state index contributed by atoms with van der Waals surface area (Å²) in [4.78, 5) is 19.6. The van der Waals surface area contributed by atoms with E-state index in [-0.39, 0.29) is 5.91 Å². The normalized spacial score (nSPS) is 11.6. The fourth-order valence-corrected chi connectivity index (χ4v) is 3.32. The number of hydrogen-bond acceptors (Lipinski definition) is 4. The number of benzene rings is 1. The predicted molar refractivity (Wildman–Crippen MR) is 116 cm³/mol. The molecule has 0 aliphatic rings. The molecule has 0 saturated heterocycles. The minimum atomic E-state index is -0.0339. The van der Waals surface area contributed by atoms with Crippen molar-refractivity contribution in [2.75, 3.05) is 13.1 Å². The van der Waals surface area contributed by atoms with Crippen molar-refractivity contribution in [3.05, 3.63) is 47.9 Å². The van der Waals surface area contributed by atoms with Crippen LogP contribution in [0.3, 0.4) is 0 Å². The maximum atomic E-state index is 13.3. The number of nitrogens with zero attached hydrogens (tertiary/aromatic N) is 5. The SMILES string of the molecule is Cc1c(C(=O)N(CCC(C)C)CCC(C)C)nnn1-c1cccc2ncccc12. The molecule has 2 heterocycles. The second-order valence-electron chi connectivity index (χ2n) is 8.44. The highest BCUT2D eigenvalue weighted by Crippen LogP contribution is 2.22. The Kier molecular flexibility index (Phi) is 6.62. The zero-order valence-corrected chi connectivity index (χ0v) is 18.1. The van der Waals surface area contributed by atoms with Crippen LogP contribution in [0.25, 0.3) is 16.6 Å². The highest BCUT2D eigenvalue weighted by Gasteiger charge is 2.23. The summed E-state index contributed by atoms with van der Waals surface area (Å²) in [6, 6.07) is 9.82. The van der Waals surface area contributed by atoms with Gasteiger partial charge in [0.05, 0.1) is 16.9 Å². The van der Waals surface area contributed by atoms with Gasteiger partial charge in [0.15, 0.2) is 5.69 Å². The van der Waals surface area contributed by atoms with Gasteiger partial charge in [0.25, 0.3) is 5.91 Å². The van der Waals surface area contributed by atoms with Crippen LogP contribution in [0.2, 0.25) is 0 Å². The Hall–Kier alpha value is -2.76. The molecule has 1 aromatic carbocycles. The smallest absolute Gasteiger partial charge is 0.276 e. The van der Waals surface area contributed by atoms with Gasteiger partial charge in [-0.05, 0) is 55.9 Å². The minimum absolute atomic E-state index is 0.0339. The van der Waals surface area contributed by atoms with Crippen molar-refractivity contribution >= 4 is 16.8 Å². The van der Waals surface area contributed by atoms with Gasteiger partial charge >= 0.3 is 0 Å². The van der Waals surface area contributed by atoms with Crippen LogP contribution in [0.4, 0.5) is 0 Å². The minimum Gasteiger partial charge on any atom is -0.337 e. The zero-order chi connectivity index (χ0) is 21.0. The van der Waals surface area contributed by atoms with Crippen molar-refractivity contribution in [2.45, 2.75) is 47.5 Å². The molecule has 0 atom stereocenters. The van der Waals surface area contributed by atoms with Gasteiger partial charge in [-0.15, -0.1) is 5.10 Å². The molecule has 0 saturated carbocycles. The quantitative estimate of drug-likeness (QED) is 0.558. The van der Waals surface area contributed by atoms with E-state index >= 15 is 0 Å². The first kappa shape index (κ1) is 21.0. The number of carbonyl (C=O) groups excluding carboxylic acids is 1. The molecule has 6 nitrogen and oxygen atoms in total. The molecule has 6 heteroatoms. The average molecular weight is 394 g/mol. The number of fused-ring (bicyclic) bond motifs is 1. The average Bonchev–Trinajstić information content (AvgIpc) is 3.08. The highest BCUT2D eigenvalue weighted by atomic mass is 16.2. The van der Waals surface area contributed by atoms with Crippen molar-refractivity contribution in [3.63, 3.8) is 0 Å². The van der Waals surface area contributed by atoms with Gasteiger partial charge in [-0.1, -0.05) is 39.0 Å². The molecular formula is C23H31N5O. The van der Waals surface area contributed by atoms with E-state index in [0.717, 1.165) is 48.2 Å². The van der Waals surface area contributed by atoms with Gasteiger partial charge < -0.3 is 4.90 Å². The summed E-state index contributed by atoms with van der Waals surface area (Å²) >= 11 is 0. The highest BCUT2D eigenvalue weighted by molar-refractivity contribution is 5.94. The van der Waals surface area contributed by atoms with Gasteiger partial charge in [0.1, 0.15) is 0 Å². The lowest BCUT2D eigenvalue weighted by Gasteiger charge is -2.24. The second kappa shape index (κ2) is 9.16. The first-order valence-electron chi connectivity index (χ1n) is 10.4. The fourth-order valence-electron chi connectivity index (χ4n) is 3.32. The summed E-state index contributed by atoms with van der Waals surface area (Å²) < 4.78 is 1.75. The van der Waals surface area contributed by atoms with Gasteiger partial charge in [-0.3, -0.25) is 9.78 Å². The number of aromatic nitrogens is 4. The lowest BCUT2D eigenvalue weighted by molar-refractivity contribution is 0.0734. The van der Waals surface area contributed by atoms with E-state index in [1.165, 1.54) is 0 Å². The van der Waals surface area contributed by atoms with Crippen LogP contribution in [-0.4, -0.2) is 43.9 Å². The van der Waals surface area contributed by atoms with Gasteiger partial charge in [-0.25, -0.2) is 4.68 Å². The lowest BCUT2D eigenvalue weighted by Crippen LogP contribution is -2.34. The van der Waals surface area contributed by atoms with Crippen LogP contribution in [0.1, 0.15) is 56.7 Å². The Bertz CT molecular complexity index is 959. The maximum absolute atomic E-state index is 13.3. The largest absolute Gasteiger partial charge is 0.337 e. The molecule has 1 amide bonds. The number of carbonyl (C=O) groups is 1. The third-order valence-corrected chi connectivity index (χ3v) is 5.19. The summed E-state index contributed by atoms with van der Waals surface area (Å²) in [7, 11) is 0. The Morgan fingerprint density at radius 3 is 2.38 bits per heavy atom. The van der Waals surface area contributed by atoms with Gasteiger partial charge in [0, 0.05) is 24.7 Å². The standard InChI is InChI=1S/C23H31N5O/c1-16(2)11-14-27(15-12-17(3)4)23(29)22-18(5)28(26-25-22)21-10-6-9-20-19(21)8-7-13-24-20/h6-10,13,16-17H,11-12,14-15H2,1-5H3. The Labute approximate surface area is 172 Å². The number of amides is 1. The Morgan fingerprint density at radius 2 is 1.72 bits per heavy atom. The molecule has 3 aromatic rings. The van der Waals surface area contributed by atoms with Crippen LogP contribution in [0.5, 0.6) is 0 Å². The van der Waals surface area contributed by atoms with Crippen molar-refractivity contribution in [1.82, 2.24) is 24.9 Å². The zero-order valence-electron chi connectivity index (χ0n) is 18.1. The van der Waals surface area contributed by atoms with Crippen molar-refractivity contribution in [1.29, 1.82) is 0 Å².